The lowest BCUT2D eigenvalue weighted by Crippen LogP contribution is -2.39. The van der Waals surface area contributed by atoms with E-state index < -0.39 is 0 Å². The van der Waals surface area contributed by atoms with E-state index in [0.717, 1.165) is 30.6 Å². The van der Waals surface area contributed by atoms with Gasteiger partial charge in [0.2, 0.25) is 0 Å². The number of likely N-dealkylation sites (tertiary alicyclic amines) is 1. The molecule has 2 N–H and O–H groups in total. The zero-order valence-electron chi connectivity index (χ0n) is 13.8. The van der Waals surface area contributed by atoms with Crippen LogP contribution in [0.5, 0.6) is 0 Å². The zero-order valence-corrected chi connectivity index (χ0v) is 13.8. The van der Waals surface area contributed by atoms with E-state index in [2.05, 4.69) is 10.4 Å². The van der Waals surface area contributed by atoms with Gasteiger partial charge in [0, 0.05) is 31.2 Å². The van der Waals surface area contributed by atoms with Crippen LogP contribution in [0, 0.1) is 6.92 Å². The number of fused-ring (bicyclic) bond motifs is 2. The summed E-state index contributed by atoms with van der Waals surface area (Å²) in [5, 5.41) is 6.54. The van der Waals surface area contributed by atoms with E-state index in [9.17, 15) is 9.59 Å². The van der Waals surface area contributed by atoms with E-state index in [1.165, 1.54) is 17.2 Å². The van der Waals surface area contributed by atoms with Crippen LogP contribution in [-0.4, -0.2) is 45.8 Å². The number of carbonyl (C=O) groups is 1. The van der Waals surface area contributed by atoms with Crippen LogP contribution < -0.4 is 10.9 Å². The maximum absolute atomic E-state index is 12.8. The van der Waals surface area contributed by atoms with E-state index >= 15 is 0 Å². The van der Waals surface area contributed by atoms with Crippen molar-refractivity contribution in [2.75, 3.05) is 13.1 Å². The maximum atomic E-state index is 12.8. The Morgan fingerprint density at radius 3 is 2.67 bits per heavy atom. The molecule has 0 spiro atoms. The predicted molar refractivity (Wildman–Crippen MR) is 91.6 cm³/mol. The molecule has 2 aromatic rings. The molecule has 126 valence electrons. The van der Waals surface area contributed by atoms with Crippen LogP contribution in [0.2, 0.25) is 0 Å². The maximum Gasteiger partial charge on any atom is 0.272 e. The van der Waals surface area contributed by atoms with Crippen molar-refractivity contribution in [1.29, 1.82) is 0 Å². The van der Waals surface area contributed by atoms with Gasteiger partial charge in [0.15, 0.2) is 0 Å². The summed E-state index contributed by atoms with van der Waals surface area (Å²) in [6, 6.07) is 9.95. The number of nitrogens with zero attached hydrogens (tertiary/aromatic N) is 2. The Labute approximate surface area is 140 Å². The first-order valence-electron chi connectivity index (χ1n) is 8.54. The van der Waals surface area contributed by atoms with Gasteiger partial charge in [0.25, 0.3) is 11.5 Å². The van der Waals surface area contributed by atoms with E-state index in [1.54, 1.807) is 0 Å². The van der Waals surface area contributed by atoms with Gasteiger partial charge in [-0.15, -0.1) is 0 Å². The molecule has 2 bridgehead atoms. The largest absolute Gasteiger partial charge is 0.336 e. The number of nitrogens with one attached hydrogen (secondary N) is 2. The highest BCUT2D eigenvalue weighted by molar-refractivity contribution is 5.92. The number of aromatic amines is 1. The summed E-state index contributed by atoms with van der Waals surface area (Å²) in [6.07, 6.45) is 3.30. The van der Waals surface area contributed by atoms with Crippen molar-refractivity contribution >= 4 is 5.91 Å². The smallest absolute Gasteiger partial charge is 0.272 e. The Balaban J connectivity index is 1.58. The monoisotopic (exact) mass is 326 g/mol. The molecule has 0 radical (unpaired) electrons. The average Bonchev–Trinajstić information content (AvgIpc) is 3.10. The van der Waals surface area contributed by atoms with Gasteiger partial charge < -0.3 is 10.2 Å². The van der Waals surface area contributed by atoms with Crippen molar-refractivity contribution in [3.8, 4) is 5.69 Å². The number of H-pyrrole nitrogens is 1. The lowest BCUT2D eigenvalue weighted by atomic mass is 10.1. The van der Waals surface area contributed by atoms with Gasteiger partial charge in [-0.05, 0) is 38.3 Å². The molecule has 2 unspecified atom stereocenters. The highest BCUT2D eigenvalue weighted by atomic mass is 16.2. The molecule has 24 heavy (non-hydrogen) atoms. The highest BCUT2D eigenvalue weighted by Crippen LogP contribution is 2.21. The second-order valence-electron chi connectivity index (χ2n) is 6.86. The molecule has 3 heterocycles. The van der Waals surface area contributed by atoms with Crippen LogP contribution in [0.15, 0.2) is 35.1 Å². The van der Waals surface area contributed by atoms with Crippen molar-refractivity contribution < 1.29 is 4.79 Å². The van der Waals surface area contributed by atoms with Crippen LogP contribution in [0.25, 0.3) is 5.69 Å². The summed E-state index contributed by atoms with van der Waals surface area (Å²) < 4.78 is 1.43. The number of aromatic nitrogens is 2. The minimum absolute atomic E-state index is 0.0905. The summed E-state index contributed by atoms with van der Waals surface area (Å²) in [7, 11) is 0. The third kappa shape index (κ3) is 2.78. The van der Waals surface area contributed by atoms with Crippen LogP contribution in [-0.2, 0) is 0 Å². The minimum atomic E-state index is -0.211. The van der Waals surface area contributed by atoms with Crippen molar-refractivity contribution in [2.24, 2.45) is 0 Å². The predicted octanol–water partition coefficient (Wildman–Crippen LogP) is 1.44. The van der Waals surface area contributed by atoms with Crippen molar-refractivity contribution in [3.63, 3.8) is 0 Å². The van der Waals surface area contributed by atoms with Gasteiger partial charge in [0.05, 0.1) is 5.69 Å². The fraction of sp³-hybridized carbons (Fsp3) is 0.444. The number of hydrogen-bond donors (Lipinski definition) is 2. The lowest BCUT2D eigenvalue weighted by Gasteiger charge is -2.23. The average molecular weight is 326 g/mol. The van der Waals surface area contributed by atoms with E-state index in [4.69, 9.17) is 0 Å². The second kappa shape index (κ2) is 5.94. The van der Waals surface area contributed by atoms with Gasteiger partial charge in [-0.3, -0.25) is 14.7 Å². The molecule has 2 fully saturated rings. The standard InChI is InChI=1S/C18H22N4O2/c1-12-2-6-15(7-3-12)22-17(23)10-16(20-22)18(24)21-9-8-13-4-5-14(11-21)19-13/h2-3,6-7,10,13-14,19-20H,4-5,8-9,11H2,1H3. The van der Waals surface area contributed by atoms with Crippen molar-refractivity contribution in [2.45, 2.75) is 38.3 Å². The molecule has 6 heteroatoms. The molecule has 1 aromatic heterocycles. The number of rotatable bonds is 2. The van der Waals surface area contributed by atoms with E-state index in [0.29, 0.717) is 24.3 Å². The molecule has 1 aromatic carbocycles. The summed E-state index contributed by atoms with van der Waals surface area (Å²) in [4.78, 5) is 26.9. The molecule has 6 nitrogen and oxygen atoms in total. The first-order valence-corrected chi connectivity index (χ1v) is 8.54. The topological polar surface area (TPSA) is 70.1 Å². The number of carbonyl (C=O) groups excluding carboxylic acids is 1. The number of amides is 1. The number of benzene rings is 1. The zero-order chi connectivity index (χ0) is 16.7. The molecule has 2 saturated heterocycles. The Morgan fingerprint density at radius 2 is 1.88 bits per heavy atom. The fourth-order valence-electron chi connectivity index (χ4n) is 3.69. The molecular weight excluding hydrogens is 304 g/mol. The molecule has 0 saturated carbocycles. The van der Waals surface area contributed by atoms with Gasteiger partial charge in [-0.2, -0.15) is 0 Å². The number of hydrogen-bond acceptors (Lipinski definition) is 3. The molecule has 2 aliphatic rings. The van der Waals surface area contributed by atoms with Crippen LogP contribution in [0.4, 0.5) is 0 Å². The highest BCUT2D eigenvalue weighted by Gasteiger charge is 2.32. The van der Waals surface area contributed by atoms with E-state index in [-0.39, 0.29) is 11.5 Å². The third-order valence-corrected chi connectivity index (χ3v) is 5.05. The first kappa shape index (κ1) is 15.2. The van der Waals surface area contributed by atoms with Crippen molar-refractivity contribution in [3.05, 3.63) is 51.9 Å². The molecule has 0 aliphatic carbocycles. The normalized spacial score (nSPS) is 23.3. The Kier molecular flexibility index (Phi) is 3.76. The second-order valence-corrected chi connectivity index (χ2v) is 6.86. The lowest BCUT2D eigenvalue weighted by molar-refractivity contribution is 0.0741. The molecule has 1 amide bonds. The van der Waals surface area contributed by atoms with Gasteiger partial charge in [-0.25, -0.2) is 4.68 Å². The van der Waals surface area contributed by atoms with Gasteiger partial charge in [-0.1, -0.05) is 17.7 Å². The van der Waals surface area contributed by atoms with Gasteiger partial charge >= 0.3 is 0 Å². The Hall–Kier alpha value is -2.34. The van der Waals surface area contributed by atoms with Crippen LogP contribution in [0.1, 0.15) is 35.3 Å². The summed E-state index contributed by atoms with van der Waals surface area (Å²) in [5.74, 6) is -0.0905. The first-order chi connectivity index (χ1) is 11.6. The molecule has 4 rings (SSSR count). The van der Waals surface area contributed by atoms with E-state index in [1.807, 2.05) is 36.1 Å². The molecule has 2 aliphatic heterocycles. The summed E-state index contributed by atoms with van der Waals surface area (Å²) in [6.45, 7) is 3.45. The summed E-state index contributed by atoms with van der Waals surface area (Å²) >= 11 is 0. The van der Waals surface area contributed by atoms with Crippen LogP contribution >= 0.6 is 0 Å². The third-order valence-electron chi connectivity index (χ3n) is 5.05. The fourth-order valence-corrected chi connectivity index (χ4v) is 3.69. The molecular formula is C18H22N4O2. The Bertz CT molecular complexity index is 805. The SMILES string of the molecule is Cc1ccc(-n2[nH]c(C(=O)N3CCC4CCC(C3)N4)cc2=O)cc1. The molecule has 2 atom stereocenters. The van der Waals surface area contributed by atoms with Crippen LogP contribution in [0.3, 0.4) is 0 Å². The van der Waals surface area contributed by atoms with Gasteiger partial charge in [0.1, 0.15) is 5.69 Å². The summed E-state index contributed by atoms with van der Waals surface area (Å²) in [5.41, 5.74) is 2.01. The van der Waals surface area contributed by atoms with Crippen molar-refractivity contribution in [1.82, 2.24) is 20.0 Å². The number of aryl methyl sites for hydroxylation is 1. The quantitative estimate of drug-likeness (QED) is 0.877. The minimum Gasteiger partial charge on any atom is -0.336 e. The Morgan fingerprint density at radius 1 is 1.12 bits per heavy atom.